The summed E-state index contributed by atoms with van der Waals surface area (Å²) in [5.41, 5.74) is 1.54. The Kier molecular flexibility index (Phi) is 1.96. The first-order chi connectivity index (χ1) is 5.36. The molecule has 1 nitrogen and oxygen atoms in total. The normalized spacial score (nSPS) is 19.4. The Morgan fingerprint density at radius 1 is 1.36 bits per heavy atom. The van der Waals surface area contributed by atoms with Crippen molar-refractivity contribution in [3.8, 4) is 0 Å². The van der Waals surface area contributed by atoms with Crippen molar-refractivity contribution in [1.82, 2.24) is 4.90 Å². The molecule has 0 amide bonds. The molecule has 1 aliphatic rings. The van der Waals surface area contributed by atoms with Crippen molar-refractivity contribution in [3.05, 3.63) is 28.9 Å². The summed E-state index contributed by atoms with van der Waals surface area (Å²) in [6.45, 7) is 2.23. The molecule has 1 aromatic heterocycles. The van der Waals surface area contributed by atoms with Gasteiger partial charge in [-0.3, -0.25) is 7.05 Å². The lowest BCUT2D eigenvalue weighted by molar-refractivity contribution is 0.390. The van der Waals surface area contributed by atoms with Crippen LogP contribution in [0.1, 0.15) is 10.4 Å². The summed E-state index contributed by atoms with van der Waals surface area (Å²) in [7, 11) is 3.96. The van der Waals surface area contributed by atoms with Crippen molar-refractivity contribution >= 4 is 11.3 Å². The van der Waals surface area contributed by atoms with Gasteiger partial charge in [-0.2, -0.15) is 0 Å². The second-order valence-electron chi connectivity index (χ2n) is 2.99. The summed E-state index contributed by atoms with van der Waals surface area (Å²) in [5, 5.41) is 2.20. The van der Waals surface area contributed by atoms with Gasteiger partial charge in [0, 0.05) is 4.88 Å². The van der Waals surface area contributed by atoms with E-state index in [0.717, 1.165) is 13.1 Å². The predicted molar refractivity (Wildman–Crippen MR) is 48.7 cm³/mol. The van der Waals surface area contributed by atoms with E-state index in [1.54, 1.807) is 10.4 Å². The Bertz CT molecular complexity index is 219. The fourth-order valence-corrected chi connectivity index (χ4v) is 2.39. The highest BCUT2D eigenvalue weighted by Crippen LogP contribution is 2.20. The van der Waals surface area contributed by atoms with E-state index in [1.807, 2.05) is 11.3 Å². The van der Waals surface area contributed by atoms with Crippen LogP contribution in [-0.2, 0) is 12.8 Å². The van der Waals surface area contributed by atoms with Gasteiger partial charge in [0.25, 0.3) is 0 Å². The number of nitrogens with zero attached hydrogens (tertiary/aromatic N) is 1. The largest absolute Gasteiger partial charge is 0.459 e. The van der Waals surface area contributed by atoms with Crippen LogP contribution in [0.3, 0.4) is 0 Å². The average Bonchev–Trinajstić information content (AvgIpc) is 2.38. The van der Waals surface area contributed by atoms with Gasteiger partial charge in [-0.15, -0.1) is 11.3 Å². The zero-order valence-corrected chi connectivity index (χ0v) is 7.36. The minimum Gasteiger partial charge on any atom is -0.459 e. The summed E-state index contributed by atoms with van der Waals surface area (Å²) in [4.78, 5) is 3.73. The van der Waals surface area contributed by atoms with Crippen LogP contribution in [0.5, 0.6) is 0 Å². The van der Waals surface area contributed by atoms with Crippen molar-refractivity contribution in [3.63, 3.8) is 0 Å². The highest BCUT2D eigenvalue weighted by atomic mass is 32.1. The Hall–Kier alpha value is -0.340. The summed E-state index contributed by atoms with van der Waals surface area (Å²) in [5.74, 6) is 0. The second-order valence-corrected chi connectivity index (χ2v) is 3.99. The molecule has 0 bridgehead atoms. The zero-order valence-electron chi connectivity index (χ0n) is 6.55. The quantitative estimate of drug-likeness (QED) is 0.532. The Morgan fingerprint density at radius 3 is 3.09 bits per heavy atom. The predicted octanol–water partition coefficient (Wildman–Crippen LogP) is 1.94. The first-order valence-corrected chi connectivity index (χ1v) is 4.85. The monoisotopic (exact) mass is 166 g/mol. The second kappa shape index (κ2) is 2.95. The van der Waals surface area contributed by atoms with Crippen LogP contribution in [0.4, 0.5) is 0 Å². The smallest absolute Gasteiger partial charge is 0.00894 e. The molecule has 0 N–H and O–H groups in total. The number of fused-ring (bicyclic) bond motifs is 1. The lowest BCUT2D eigenvalue weighted by Gasteiger charge is -2.21. The summed E-state index contributed by atoms with van der Waals surface area (Å²) in [6.07, 6.45) is 2.37. The average molecular weight is 166 g/mol. The molecular weight excluding hydrogens is 154 g/mol. The molecule has 0 saturated carbocycles. The van der Waals surface area contributed by atoms with Gasteiger partial charge in [0.15, 0.2) is 0 Å². The van der Waals surface area contributed by atoms with E-state index in [2.05, 4.69) is 23.4 Å². The molecule has 0 atom stereocenters. The SMILES string of the molecule is [CH2-]N1CCc2ccsc2CC1. The minimum atomic E-state index is 1.11. The Balaban J connectivity index is 2.20. The maximum Gasteiger partial charge on any atom is 0.00894 e. The molecule has 0 unspecified atom stereocenters. The summed E-state index contributed by atoms with van der Waals surface area (Å²) in [6, 6.07) is 2.25. The molecule has 0 spiro atoms. The van der Waals surface area contributed by atoms with E-state index >= 15 is 0 Å². The van der Waals surface area contributed by atoms with Gasteiger partial charge in [0.2, 0.25) is 0 Å². The van der Waals surface area contributed by atoms with E-state index in [9.17, 15) is 0 Å². The third-order valence-corrected chi connectivity index (χ3v) is 3.21. The first-order valence-electron chi connectivity index (χ1n) is 3.97. The van der Waals surface area contributed by atoms with Crippen molar-refractivity contribution in [2.45, 2.75) is 12.8 Å². The number of thiophene rings is 1. The molecule has 0 aliphatic carbocycles. The van der Waals surface area contributed by atoms with E-state index in [1.165, 1.54) is 12.8 Å². The highest BCUT2D eigenvalue weighted by molar-refractivity contribution is 7.10. The molecule has 60 valence electrons. The van der Waals surface area contributed by atoms with Gasteiger partial charge in [-0.1, -0.05) is 0 Å². The molecule has 1 aromatic rings. The summed E-state index contributed by atoms with van der Waals surface area (Å²) >= 11 is 1.89. The fraction of sp³-hybridized carbons (Fsp3) is 0.444. The van der Waals surface area contributed by atoms with Crippen LogP contribution < -0.4 is 0 Å². The van der Waals surface area contributed by atoms with Gasteiger partial charge < -0.3 is 4.90 Å². The van der Waals surface area contributed by atoms with Gasteiger partial charge in [0.05, 0.1) is 0 Å². The third-order valence-electron chi connectivity index (χ3n) is 2.19. The van der Waals surface area contributed by atoms with E-state index < -0.39 is 0 Å². The van der Waals surface area contributed by atoms with Crippen molar-refractivity contribution in [2.24, 2.45) is 0 Å². The first kappa shape index (κ1) is 7.32. The zero-order chi connectivity index (χ0) is 7.68. The van der Waals surface area contributed by atoms with Crippen LogP contribution in [0.2, 0.25) is 0 Å². The molecule has 1 aliphatic heterocycles. The van der Waals surface area contributed by atoms with Crippen molar-refractivity contribution in [2.75, 3.05) is 13.1 Å². The summed E-state index contributed by atoms with van der Waals surface area (Å²) < 4.78 is 0. The lowest BCUT2D eigenvalue weighted by atomic mass is 10.2. The fourth-order valence-electron chi connectivity index (χ4n) is 1.46. The maximum atomic E-state index is 3.96. The molecule has 0 radical (unpaired) electrons. The van der Waals surface area contributed by atoms with Gasteiger partial charge in [-0.05, 0) is 42.9 Å². The molecule has 0 saturated heterocycles. The molecule has 2 heteroatoms. The standard InChI is InChI=1S/C9H12NS/c1-10-5-2-8-4-7-11-9(8)3-6-10/h4,7H,1-3,5-6H2/q-1. The highest BCUT2D eigenvalue weighted by Gasteiger charge is 2.08. The van der Waals surface area contributed by atoms with E-state index in [0.29, 0.717) is 0 Å². The Morgan fingerprint density at radius 2 is 2.18 bits per heavy atom. The lowest BCUT2D eigenvalue weighted by Crippen LogP contribution is -2.18. The molecule has 0 fully saturated rings. The number of hydrogen-bond acceptors (Lipinski definition) is 2. The van der Waals surface area contributed by atoms with Crippen LogP contribution >= 0.6 is 11.3 Å². The minimum absolute atomic E-state index is 1.11. The van der Waals surface area contributed by atoms with Crippen LogP contribution in [0.15, 0.2) is 11.4 Å². The molecule has 0 aromatic carbocycles. The number of hydrogen-bond donors (Lipinski definition) is 0. The topological polar surface area (TPSA) is 3.24 Å². The third kappa shape index (κ3) is 1.47. The number of rotatable bonds is 0. The molecule has 2 heterocycles. The van der Waals surface area contributed by atoms with Crippen molar-refractivity contribution in [1.29, 1.82) is 0 Å². The van der Waals surface area contributed by atoms with Gasteiger partial charge in [-0.25, -0.2) is 0 Å². The van der Waals surface area contributed by atoms with Crippen LogP contribution in [0.25, 0.3) is 0 Å². The van der Waals surface area contributed by atoms with Crippen LogP contribution in [-0.4, -0.2) is 18.0 Å². The maximum absolute atomic E-state index is 3.96. The molecular formula is C9H12NS-. The van der Waals surface area contributed by atoms with Crippen LogP contribution in [0, 0.1) is 7.05 Å². The van der Waals surface area contributed by atoms with Gasteiger partial charge >= 0.3 is 0 Å². The Labute approximate surface area is 71.7 Å². The van der Waals surface area contributed by atoms with Crippen molar-refractivity contribution < 1.29 is 0 Å². The van der Waals surface area contributed by atoms with E-state index in [-0.39, 0.29) is 0 Å². The van der Waals surface area contributed by atoms with E-state index in [4.69, 9.17) is 0 Å². The molecule has 2 rings (SSSR count). The van der Waals surface area contributed by atoms with Gasteiger partial charge in [0.1, 0.15) is 0 Å². The molecule has 11 heavy (non-hydrogen) atoms.